The van der Waals surface area contributed by atoms with E-state index < -0.39 is 5.54 Å². The van der Waals surface area contributed by atoms with E-state index >= 15 is 0 Å². The topological polar surface area (TPSA) is 41.6 Å². The zero-order chi connectivity index (χ0) is 16.0. The van der Waals surface area contributed by atoms with Crippen LogP contribution in [0.15, 0.2) is 0 Å². The molecule has 0 radical (unpaired) electrons. The second kappa shape index (κ2) is 8.14. The van der Waals surface area contributed by atoms with Crippen LogP contribution in [0.3, 0.4) is 0 Å². The Balaban J connectivity index is 2.71. The van der Waals surface area contributed by atoms with Crippen LogP contribution in [0, 0.1) is 5.92 Å². The Morgan fingerprint density at radius 3 is 2.67 bits per heavy atom. The standard InChI is InChI=1S/C17H34N2O2/c1-7-9-18-17(5,16(20)21-6)12-15(4)19-10-8-13(2)11-14(19)3/h13-15,18H,7-12H2,1-6H3. The molecule has 0 aromatic carbocycles. The molecule has 0 saturated carbocycles. The predicted molar refractivity (Wildman–Crippen MR) is 87.4 cm³/mol. The average Bonchev–Trinajstić information content (AvgIpc) is 2.43. The first-order chi connectivity index (χ1) is 9.84. The summed E-state index contributed by atoms with van der Waals surface area (Å²) in [5.41, 5.74) is -0.590. The van der Waals surface area contributed by atoms with Crippen LogP contribution in [0.2, 0.25) is 0 Å². The smallest absolute Gasteiger partial charge is 0.325 e. The zero-order valence-electron chi connectivity index (χ0n) is 14.7. The van der Waals surface area contributed by atoms with Gasteiger partial charge in [0.25, 0.3) is 0 Å². The highest BCUT2D eigenvalue weighted by molar-refractivity contribution is 5.80. The molecule has 0 aliphatic carbocycles. The van der Waals surface area contributed by atoms with E-state index in [1.165, 1.54) is 20.0 Å². The molecular weight excluding hydrogens is 264 g/mol. The molecule has 4 unspecified atom stereocenters. The fourth-order valence-corrected chi connectivity index (χ4v) is 3.64. The van der Waals surface area contributed by atoms with Crippen molar-refractivity contribution in [2.24, 2.45) is 5.92 Å². The number of rotatable bonds is 7. The molecule has 124 valence electrons. The third-order valence-corrected chi connectivity index (χ3v) is 4.86. The molecule has 0 aromatic heterocycles. The Bertz CT molecular complexity index is 335. The molecule has 4 heteroatoms. The van der Waals surface area contributed by atoms with E-state index in [2.05, 4.69) is 37.9 Å². The zero-order valence-corrected chi connectivity index (χ0v) is 14.7. The summed E-state index contributed by atoms with van der Waals surface area (Å²) in [6.45, 7) is 12.9. The number of esters is 1. The summed E-state index contributed by atoms with van der Waals surface area (Å²) in [5.74, 6) is 0.662. The molecule has 1 rings (SSSR count). The summed E-state index contributed by atoms with van der Waals surface area (Å²) in [7, 11) is 1.48. The normalized spacial score (nSPS) is 27.9. The van der Waals surface area contributed by atoms with Crippen molar-refractivity contribution in [3.8, 4) is 0 Å². The Labute approximate surface area is 130 Å². The van der Waals surface area contributed by atoms with Gasteiger partial charge in [0, 0.05) is 12.1 Å². The Hall–Kier alpha value is -0.610. The van der Waals surface area contributed by atoms with Gasteiger partial charge >= 0.3 is 5.97 Å². The number of piperidine rings is 1. The molecule has 1 N–H and O–H groups in total. The highest BCUT2D eigenvalue weighted by Crippen LogP contribution is 2.27. The molecule has 1 heterocycles. The lowest BCUT2D eigenvalue weighted by Crippen LogP contribution is -2.56. The largest absolute Gasteiger partial charge is 0.468 e. The summed E-state index contributed by atoms with van der Waals surface area (Å²) < 4.78 is 5.02. The molecule has 0 amide bonds. The van der Waals surface area contributed by atoms with Gasteiger partial charge in [-0.3, -0.25) is 9.69 Å². The summed E-state index contributed by atoms with van der Waals surface area (Å²) >= 11 is 0. The lowest BCUT2D eigenvalue weighted by atomic mass is 9.88. The number of ether oxygens (including phenoxy) is 1. The first-order valence-corrected chi connectivity index (χ1v) is 8.43. The van der Waals surface area contributed by atoms with Gasteiger partial charge in [-0.25, -0.2) is 0 Å². The fourth-order valence-electron chi connectivity index (χ4n) is 3.64. The van der Waals surface area contributed by atoms with Crippen LogP contribution in [-0.4, -0.2) is 48.7 Å². The number of hydrogen-bond donors (Lipinski definition) is 1. The summed E-state index contributed by atoms with van der Waals surface area (Å²) in [6.07, 6.45) is 4.31. The van der Waals surface area contributed by atoms with Gasteiger partial charge in [-0.05, 0) is 65.5 Å². The Morgan fingerprint density at radius 1 is 1.48 bits per heavy atom. The highest BCUT2D eigenvalue weighted by Gasteiger charge is 2.38. The van der Waals surface area contributed by atoms with Crippen LogP contribution in [0.5, 0.6) is 0 Å². The van der Waals surface area contributed by atoms with Gasteiger partial charge in [-0.15, -0.1) is 0 Å². The first-order valence-electron chi connectivity index (χ1n) is 8.43. The van der Waals surface area contributed by atoms with Crippen molar-refractivity contribution in [3.63, 3.8) is 0 Å². The van der Waals surface area contributed by atoms with E-state index in [1.807, 2.05) is 6.92 Å². The number of likely N-dealkylation sites (tertiary alicyclic amines) is 1. The Kier molecular flexibility index (Phi) is 7.14. The van der Waals surface area contributed by atoms with Gasteiger partial charge in [-0.1, -0.05) is 13.8 Å². The maximum atomic E-state index is 12.2. The molecule has 21 heavy (non-hydrogen) atoms. The number of carbonyl (C=O) groups is 1. The second-order valence-corrected chi connectivity index (χ2v) is 7.02. The second-order valence-electron chi connectivity index (χ2n) is 7.02. The van der Waals surface area contributed by atoms with Gasteiger partial charge in [0.1, 0.15) is 5.54 Å². The van der Waals surface area contributed by atoms with Crippen LogP contribution in [-0.2, 0) is 9.53 Å². The first kappa shape index (κ1) is 18.4. The van der Waals surface area contributed by atoms with Crippen molar-refractivity contribution in [2.45, 2.75) is 77.9 Å². The van der Waals surface area contributed by atoms with Crippen LogP contribution in [0.25, 0.3) is 0 Å². The number of nitrogens with zero attached hydrogens (tertiary/aromatic N) is 1. The molecule has 4 nitrogen and oxygen atoms in total. The molecule has 1 aliphatic rings. The van der Waals surface area contributed by atoms with E-state index in [0.29, 0.717) is 12.1 Å². The van der Waals surface area contributed by atoms with Gasteiger partial charge in [0.15, 0.2) is 0 Å². The van der Waals surface area contributed by atoms with Gasteiger partial charge in [-0.2, -0.15) is 0 Å². The Morgan fingerprint density at radius 2 is 2.14 bits per heavy atom. The van der Waals surface area contributed by atoms with Crippen LogP contribution < -0.4 is 5.32 Å². The summed E-state index contributed by atoms with van der Waals surface area (Å²) in [4.78, 5) is 14.7. The average molecular weight is 298 g/mol. The molecule has 0 bridgehead atoms. The van der Waals surface area contributed by atoms with Crippen molar-refractivity contribution in [3.05, 3.63) is 0 Å². The van der Waals surface area contributed by atoms with Crippen LogP contribution in [0.1, 0.15) is 60.3 Å². The lowest BCUT2D eigenvalue weighted by Gasteiger charge is -2.43. The number of nitrogens with one attached hydrogen (secondary N) is 1. The third kappa shape index (κ3) is 4.96. The highest BCUT2D eigenvalue weighted by atomic mass is 16.5. The quantitative estimate of drug-likeness (QED) is 0.734. The van der Waals surface area contributed by atoms with Crippen molar-refractivity contribution in [1.82, 2.24) is 10.2 Å². The van der Waals surface area contributed by atoms with Gasteiger partial charge < -0.3 is 10.1 Å². The molecule has 0 aromatic rings. The SMILES string of the molecule is CCCNC(C)(CC(C)N1CCC(C)CC1C)C(=O)OC. The van der Waals surface area contributed by atoms with Crippen molar-refractivity contribution >= 4 is 5.97 Å². The van der Waals surface area contributed by atoms with E-state index in [4.69, 9.17) is 4.74 Å². The number of hydrogen-bond acceptors (Lipinski definition) is 4. The van der Waals surface area contributed by atoms with Gasteiger partial charge in [0.2, 0.25) is 0 Å². The molecule has 1 aliphatic heterocycles. The van der Waals surface area contributed by atoms with E-state index in [9.17, 15) is 4.79 Å². The summed E-state index contributed by atoms with van der Waals surface area (Å²) in [6, 6.07) is 0.970. The monoisotopic (exact) mass is 298 g/mol. The van der Waals surface area contributed by atoms with Gasteiger partial charge in [0.05, 0.1) is 7.11 Å². The van der Waals surface area contributed by atoms with Crippen LogP contribution in [0.4, 0.5) is 0 Å². The third-order valence-electron chi connectivity index (χ3n) is 4.86. The minimum Gasteiger partial charge on any atom is -0.468 e. The molecule has 0 spiro atoms. The molecule has 4 atom stereocenters. The van der Waals surface area contributed by atoms with E-state index in [0.717, 1.165) is 31.8 Å². The minimum atomic E-state index is -0.590. The van der Waals surface area contributed by atoms with E-state index in [1.54, 1.807) is 0 Å². The van der Waals surface area contributed by atoms with Crippen LogP contribution >= 0.6 is 0 Å². The fraction of sp³-hybridized carbons (Fsp3) is 0.941. The minimum absolute atomic E-state index is 0.152. The summed E-state index contributed by atoms with van der Waals surface area (Å²) in [5, 5.41) is 3.39. The number of carbonyl (C=O) groups excluding carboxylic acids is 1. The molecule has 1 fully saturated rings. The van der Waals surface area contributed by atoms with Crippen molar-refractivity contribution in [2.75, 3.05) is 20.2 Å². The van der Waals surface area contributed by atoms with E-state index in [-0.39, 0.29) is 5.97 Å². The van der Waals surface area contributed by atoms with Crippen molar-refractivity contribution in [1.29, 1.82) is 0 Å². The molecule has 1 saturated heterocycles. The lowest BCUT2D eigenvalue weighted by molar-refractivity contribution is -0.149. The number of methoxy groups -OCH3 is 1. The maximum Gasteiger partial charge on any atom is 0.325 e. The maximum absolute atomic E-state index is 12.2. The predicted octanol–water partition coefficient (Wildman–Crippen LogP) is 2.82. The molecular formula is C17H34N2O2. The van der Waals surface area contributed by atoms with Crippen molar-refractivity contribution < 1.29 is 9.53 Å².